The molecule has 0 rings (SSSR count). The molecule has 92 valence electrons. The first-order valence-corrected chi connectivity index (χ1v) is 6.58. The van der Waals surface area contributed by atoms with Gasteiger partial charge in [-0.25, -0.2) is 0 Å². The van der Waals surface area contributed by atoms with Crippen molar-refractivity contribution in [2.24, 2.45) is 17.1 Å². The number of nitrogens with one attached hydrogen (secondary N) is 1. The van der Waals surface area contributed by atoms with Gasteiger partial charge < -0.3 is 11.1 Å². The molecule has 3 N–H and O–H groups in total. The summed E-state index contributed by atoms with van der Waals surface area (Å²) in [5.74, 6) is 0.828. The Balaban J connectivity index is 3.89. The van der Waals surface area contributed by atoms with E-state index in [0.29, 0.717) is 5.41 Å². The summed E-state index contributed by atoms with van der Waals surface area (Å²) in [5.41, 5.74) is 6.20. The van der Waals surface area contributed by atoms with Crippen molar-refractivity contribution in [2.45, 2.75) is 53.4 Å². The van der Waals surface area contributed by atoms with E-state index in [1.165, 1.54) is 25.7 Å². The third-order valence-electron chi connectivity index (χ3n) is 4.02. The first-order chi connectivity index (χ1) is 7.17. The summed E-state index contributed by atoms with van der Waals surface area (Å²) in [6, 6.07) is 0. The van der Waals surface area contributed by atoms with Crippen LogP contribution in [0.2, 0.25) is 0 Å². The fraction of sp³-hybridized carbons (Fsp3) is 1.00. The fourth-order valence-electron chi connectivity index (χ4n) is 1.98. The van der Waals surface area contributed by atoms with Gasteiger partial charge in [-0.05, 0) is 37.3 Å². The van der Waals surface area contributed by atoms with E-state index in [2.05, 4.69) is 33.0 Å². The summed E-state index contributed by atoms with van der Waals surface area (Å²) < 4.78 is 0. The molecule has 0 spiro atoms. The van der Waals surface area contributed by atoms with Crippen molar-refractivity contribution < 1.29 is 0 Å². The highest BCUT2D eigenvalue weighted by Crippen LogP contribution is 2.23. The first kappa shape index (κ1) is 14.9. The van der Waals surface area contributed by atoms with Crippen LogP contribution in [0.4, 0.5) is 0 Å². The van der Waals surface area contributed by atoms with Crippen LogP contribution in [-0.4, -0.2) is 19.6 Å². The molecule has 0 saturated heterocycles. The summed E-state index contributed by atoms with van der Waals surface area (Å²) in [6.45, 7) is 12.1. The Morgan fingerprint density at radius 2 is 1.60 bits per heavy atom. The Morgan fingerprint density at radius 3 is 1.93 bits per heavy atom. The average Bonchev–Trinajstić information content (AvgIpc) is 2.31. The van der Waals surface area contributed by atoms with E-state index >= 15 is 0 Å². The van der Waals surface area contributed by atoms with E-state index < -0.39 is 0 Å². The van der Waals surface area contributed by atoms with E-state index in [4.69, 9.17) is 5.73 Å². The van der Waals surface area contributed by atoms with Crippen molar-refractivity contribution in [1.82, 2.24) is 5.32 Å². The molecule has 2 heteroatoms. The van der Waals surface area contributed by atoms with E-state index in [-0.39, 0.29) is 0 Å². The molecule has 0 heterocycles. The van der Waals surface area contributed by atoms with Crippen molar-refractivity contribution in [1.29, 1.82) is 0 Å². The highest BCUT2D eigenvalue weighted by atomic mass is 14.9. The van der Waals surface area contributed by atoms with Crippen molar-refractivity contribution in [3.63, 3.8) is 0 Å². The van der Waals surface area contributed by atoms with Crippen molar-refractivity contribution in [2.75, 3.05) is 19.6 Å². The molecule has 0 amide bonds. The normalized spacial score (nSPS) is 12.4. The maximum absolute atomic E-state index is 5.87. The highest BCUT2D eigenvalue weighted by Gasteiger charge is 2.23. The summed E-state index contributed by atoms with van der Waals surface area (Å²) >= 11 is 0. The van der Waals surface area contributed by atoms with E-state index in [0.717, 1.165) is 25.6 Å². The second-order valence-corrected chi connectivity index (χ2v) is 4.72. The van der Waals surface area contributed by atoms with E-state index in [1.54, 1.807) is 0 Å². The molecule has 0 aromatic heterocycles. The molecule has 0 aromatic rings. The van der Waals surface area contributed by atoms with Crippen LogP contribution < -0.4 is 11.1 Å². The summed E-state index contributed by atoms with van der Waals surface area (Å²) in [4.78, 5) is 0. The molecule has 0 fully saturated rings. The predicted molar refractivity (Wildman–Crippen MR) is 69.0 cm³/mol. The summed E-state index contributed by atoms with van der Waals surface area (Å²) in [6.07, 6.45) is 4.90. The second-order valence-electron chi connectivity index (χ2n) is 4.72. The molecule has 0 aliphatic heterocycles. The lowest BCUT2D eigenvalue weighted by molar-refractivity contribution is 0.251. The monoisotopic (exact) mass is 214 g/mol. The lowest BCUT2D eigenvalue weighted by Crippen LogP contribution is -2.41. The first-order valence-electron chi connectivity index (χ1n) is 6.58. The Labute approximate surface area is 96.0 Å². The van der Waals surface area contributed by atoms with Gasteiger partial charge in [0.2, 0.25) is 0 Å². The molecule has 0 aliphatic rings. The smallest absolute Gasteiger partial charge is 0.00198 e. The molecule has 0 saturated carbocycles. The van der Waals surface area contributed by atoms with Crippen LogP contribution in [0, 0.1) is 11.3 Å². The molecule has 2 nitrogen and oxygen atoms in total. The van der Waals surface area contributed by atoms with Crippen molar-refractivity contribution >= 4 is 0 Å². The maximum atomic E-state index is 5.87. The Bertz CT molecular complexity index is 129. The molecule has 0 aliphatic carbocycles. The van der Waals surface area contributed by atoms with E-state index in [9.17, 15) is 0 Å². The van der Waals surface area contributed by atoms with Gasteiger partial charge in [0.25, 0.3) is 0 Å². The molecule has 0 unspecified atom stereocenters. The van der Waals surface area contributed by atoms with Crippen LogP contribution in [0.5, 0.6) is 0 Å². The summed E-state index contributed by atoms with van der Waals surface area (Å²) in [7, 11) is 0. The largest absolute Gasteiger partial charge is 0.330 e. The van der Waals surface area contributed by atoms with Gasteiger partial charge in [-0.3, -0.25) is 0 Å². The maximum Gasteiger partial charge on any atom is 0.00198 e. The Hall–Kier alpha value is -0.0800. The second kappa shape index (κ2) is 8.12. The third kappa shape index (κ3) is 4.98. The van der Waals surface area contributed by atoms with Crippen molar-refractivity contribution in [3.8, 4) is 0 Å². The third-order valence-corrected chi connectivity index (χ3v) is 4.02. The van der Waals surface area contributed by atoms with Crippen LogP contribution in [0.1, 0.15) is 53.4 Å². The molecular weight excluding hydrogens is 184 g/mol. The van der Waals surface area contributed by atoms with Crippen LogP contribution in [-0.2, 0) is 0 Å². The number of nitrogens with two attached hydrogens (primary N) is 1. The summed E-state index contributed by atoms with van der Waals surface area (Å²) in [5, 5.41) is 3.60. The van der Waals surface area contributed by atoms with Gasteiger partial charge >= 0.3 is 0 Å². The van der Waals surface area contributed by atoms with Gasteiger partial charge in [0.05, 0.1) is 0 Å². The van der Waals surface area contributed by atoms with Crippen molar-refractivity contribution in [3.05, 3.63) is 0 Å². The fourth-order valence-corrected chi connectivity index (χ4v) is 1.98. The van der Waals surface area contributed by atoms with Crippen LogP contribution in [0.15, 0.2) is 0 Å². The van der Waals surface area contributed by atoms with E-state index in [1.807, 2.05) is 0 Å². The minimum absolute atomic E-state index is 0.325. The minimum atomic E-state index is 0.325. The van der Waals surface area contributed by atoms with Gasteiger partial charge in [0.1, 0.15) is 0 Å². The van der Waals surface area contributed by atoms with Gasteiger partial charge in [0, 0.05) is 6.54 Å². The minimum Gasteiger partial charge on any atom is -0.330 e. The van der Waals surface area contributed by atoms with Gasteiger partial charge in [0.15, 0.2) is 0 Å². The van der Waals surface area contributed by atoms with Gasteiger partial charge in [-0.1, -0.05) is 40.5 Å². The predicted octanol–water partition coefficient (Wildman–Crippen LogP) is 2.78. The lowest BCUT2D eigenvalue weighted by atomic mass is 9.82. The van der Waals surface area contributed by atoms with Gasteiger partial charge in [-0.2, -0.15) is 0 Å². The average molecular weight is 214 g/mol. The van der Waals surface area contributed by atoms with Crippen LogP contribution >= 0.6 is 0 Å². The Kier molecular flexibility index (Phi) is 8.07. The van der Waals surface area contributed by atoms with Crippen LogP contribution in [0.3, 0.4) is 0 Å². The zero-order chi connectivity index (χ0) is 11.7. The zero-order valence-corrected chi connectivity index (χ0v) is 11.1. The number of hydrogen-bond donors (Lipinski definition) is 2. The molecular formula is C13H30N2. The zero-order valence-electron chi connectivity index (χ0n) is 11.1. The molecule has 15 heavy (non-hydrogen) atoms. The lowest BCUT2D eigenvalue weighted by Gasteiger charge is -2.31. The standard InChI is InChI=1S/C13H30N2/c1-5-12(6-2)9-15-11-13(7-3,8-4)10-14/h12,15H,5-11,14H2,1-4H3. The highest BCUT2D eigenvalue weighted by molar-refractivity contribution is 4.80. The molecule has 0 aromatic carbocycles. The quantitative estimate of drug-likeness (QED) is 0.619. The van der Waals surface area contributed by atoms with Crippen LogP contribution in [0.25, 0.3) is 0 Å². The molecule has 0 bridgehead atoms. The van der Waals surface area contributed by atoms with Gasteiger partial charge in [-0.15, -0.1) is 0 Å². The number of rotatable bonds is 9. The molecule has 0 atom stereocenters. The molecule has 0 radical (unpaired) electrons. The SMILES string of the molecule is CCC(CC)CNCC(CC)(CC)CN. The topological polar surface area (TPSA) is 38.0 Å². The Morgan fingerprint density at radius 1 is 1.07 bits per heavy atom. The number of hydrogen-bond acceptors (Lipinski definition) is 2.